The summed E-state index contributed by atoms with van der Waals surface area (Å²) in [7, 11) is 0. The van der Waals surface area contributed by atoms with Crippen LogP contribution < -0.4 is 10.2 Å². The Balaban J connectivity index is 1.34. The molecule has 0 spiro atoms. The zero-order valence-electron chi connectivity index (χ0n) is 14.2. The van der Waals surface area contributed by atoms with Gasteiger partial charge in [0.2, 0.25) is 0 Å². The minimum Gasteiger partial charge on any atom is -0.352 e. The van der Waals surface area contributed by atoms with Gasteiger partial charge in [0.1, 0.15) is 23.6 Å². The van der Waals surface area contributed by atoms with Crippen LogP contribution in [0.25, 0.3) is 11.0 Å². The molecular weight excluding hydrogens is 335 g/mol. The Labute approximate surface area is 149 Å². The number of halogens is 1. The predicted molar refractivity (Wildman–Crippen MR) is 96.3 cm³/mol. The maximum atomic E-state index is 13.2. The van der Waals surface area contributed by atoms with Crippen LogP contribution in [0.1, 0.15) is 5.56 Å². The molecule has 26 heavy (non-hydrogen) atoms. The molecule has 2 N–H and O–H groups in total. The van der Waals surface area contributed by atoms with Crippen molar-refractivity contribution in [3.63, 3.8) is 0 Å². The molecule has 0 saturated carbocycles. The van der Waals surface area contributed by atoms with Crippen molar-refractivity contribution in [2.75, 3.05) is 31.1 Å². The lowest BCUT2D eigenvalue weighted by molar-refractivity contribution is 0.194. The van der Waals surface area contributed by atoms with Gasteiger partial charge in [-0.3, -0.25) is 0 Å². The quantitative estimate of drug-likeness (QED) is 0.755. The van der Waals surface area contributed by atoms with E-state index in [0.717, 1.165) is 22.4 Å². The fourth-order valence-electron chi connectivity index (χ4n) is 3.17. The summed E-state index contributed by atoms with van der Waals surface area (Å²) < 4.78 is 13.2. The van der Waals surface area contributed by atoms with Gasteiger partial charge in [-0.05, 0) is 23.8 Å². The number of amides is 2. The van der Waals surface area contributed by atoms with E-state index in [1.54, 1.807) is 23.4 Å². The average Bonchev–Trinajstić information content (AvgIpc) is 3.15. The number of H-pyrrole nitrogens is 1. The summed E-state index contributed by atoms with van der Waals surface area (Å²) in [5.41, 5.74) is 1.55. The number of piperazine rings is 1. The van der Waals surface area contributed by atoms with Crippen LogP contribution in [0, 0.1) is 5.82 Å². The minimum atomic E-state index is -0.300. The van der Waals surface area contributed by atoms with Crippen LogP contribution in [-0.2, 0) is 6.54 Å². The molecule has 2 aromatic heterocycles. The number of aromatic amines is 1. The SMILES string of the molecule is O=C(NCc1cccc(F)c1)N1CCN(c2ncnc3[nH]ccc23)CC1. The Bertz CT molecular complexity index is 919. The molecule has 0 unspecified atom stereocenters. The summed E-state index contributed by atoms with van der Waals surface area (Å²) in [6, 6.07) is 8.07. The number of carbonyl (C=O) groups excluding carboxylic acids is 1. The molecule has 0 atom stereocenters. The van der Waals surface area contributed by atoms with Gasteiger partial charge in [0.25, 0.3) is 0 Å². The molecule has 0 radical (unpaired) electrons. The van der Waals surface area contributed by atoms with Gasteiger partial charge in [-0.25, -0.2) is 19.2 Å². The Morgan fingerprint density at radius 3 is 2.85 bits per heavy atom. The van der Waals surface area contributed by atoms with Crippen molar-refractivity contribution in [1.29, 1.82) is 0 Å². The van der Waals surface area contributed by atoms with Gasteiger partial charge in [-0.1, -0.05) is 12.1 Å². The highest BCUT2D eigenvalue weighted by Crippen LogP contribution is 2.22. The smallest absolute Gasteiger partial charge is 0.317 e. The van der Waals surface area contributed by atoms with Crippen LogP contribution in [0.5, 0.6) is 0 Å². The van der Waals surface area contributed by atoms with Crippen molar-refractivity contribution >= 4 is 22.9 Å². The predicted octanol–water partition coefficient (Wildman–Crippen LogP) is 2.13. The lowest BCUT2D eigenvalue weighted by atomic mass is 10.2. The van der Waals surface area contributed by atoms with Crippen molar-refractivity contribution in [1.82, 2.24) is 25.2 Å². The molecule has 1 aliphatic rings. The highest BCUT2D eigenvalue weighted by Gasteiger charge is 2.23. The number of aromatic nitrogens is 3. The van der Waals surface area contributed by atoms with Gasteiger partial charge >= 0.3 is 6.03 Å². The molecule has 3 aromatic rings. The summed E-state index contributed by atoms with van der Waals surface area (Å²) in [5, 5.41) is 3.83. The molecule has 0 aliphatic carbocycles. The van der Waals surface area contributed by atoms with Crippen LogP contribution >= 0.6 is 0 Å². The molecule has 1 aliphatic heterocycles. The normalized spacial score (nSPS) is 14.7. The molecule has 4 rings (SSSR count). The van der Waals surface area contributed by atoms with E-state index >= 15 is 0 Å². The lowest BCUT2D eigenvalue weighted by Gasteiger charge is -2.35. The zero-order chi connectivity index (χ0) is 17.9. The van der Waals surface area contributed by atoms with Crippen molar-refractivity contribution < 1.29 is 9.18 Å². The van der Waals surface area contributed by atoms with E-state index in [2.05, 4.69) is 25.2 Å². The van der Waals surface area contributed by atoms with Crippen LogP contribution in [0.15, 0.2) is 42.9 Å². The summed E-state index contributed by atoms with van der Waals surface area (Å²) in [6.07, 6.45) is 3.39. The third-order valence-electron chi connectivity index (χ3n) is 4.53. The van der Waals surface area contributed by atoms with Crippen molar-refractivity contribution in [3.05, 3.63) is 54.2 Å². The first-order chi connectivity index (χ1) is 12.7. The third-order valence-corrected chi connectivity index (χ3v) is 4.53. The highest BCUT2D eigenvalue weighted by atomic mass is 19.1. The second-order valence-electron chi connectivity index (χ2n) is 6.20. The number of anilines is 1. The number of fused-ring (bicyclic) bond motifs is 1. The maximum absolute atomic E-state index is 13.2. The first-order valence-corrected chi connectivity index (χ1v) is 8.51. The van der Waals surface area contributed by atoms with E-state index in [-0.39, 0.29) is 11.8 Å². The topological polar surface area (TPSA) is 77.2 Å². The highest BCUT2D eigenvalue weighted by molar-refractivity contribution is 5.87. The number of nitrogens with zero attached hydrogens (tertiary/aromatic N) is 4. The van der Waals surface area contributed by atoms with Gasteiger partial charge in [-0.15, -0.1) is 0 Å². The zero-order valence-corrected chi connectivity index (χ0v) is 14.2. The van der Waals surface area contributed by atoms with E-state index in [1.165, 1.54) is 12.1 Å². The van der Waals surface area contributed by atoms with E-state index in [9.17, 15) is 9.18 Å². The second kappa shape index (κ2) is 6.99. The number of urea groups is 1. The summed E-state index contributed by atoms with van der Waals surface area (Å²) in [5.74, 6) is 0.586. The van der Waals surface area contributed by atoms with E-state index in [1.807, 2.05) is 12.3 Å². The van der Waals surface area contributed by atoms with Gasteiger partial charge in [0.05, 0.1) is 5.39 Å². The molecule has 1 aromatic carbocycles. The van der Waals surface area contributed by atoms with E-state index in [0.29, 0.717) is 32.7 Å². The molecule has 134 valence electrons. The van der Waals surface area contributed by atoms with Crippen LogP contribution in [-0.4, -0.2) is 52.1 Å². The largest absolute Gasteiger partial charge is 0.352 e. The van der Waals surface area contributed by atoms with Gasteiger partial charge in [0, 0.05) is 38.9 Å². The molecule has 1 saturated heterocycles. The van der Waals surface area contributed by atoms with Gasteiger partial charge in [-0.2, -0.15) is 0 Å². The fraction of sp³-hybridized carbons (Fsp3) is 0.278. The van der Waals surface area contributed by atoms with Gasteiger partial charge in [0.15, 0.2) is 0 Å². The monoisotopic (exact) mass is 354 g/mol. The number of hydrogen-bond donors (Lipinski definition) is 2. The molecule has 3 heterocycles. The molecule has 0 bridgehead atoms. The Morgan fingerprint density at radius 2 is 2.04 bits per heavy atom. The lowest BCUT2D eigenvalue weighted by Crippen LogP contribution is -2.52. The van der Waals surface area contributed by atoms with E-state index < -0.39 is 0 Å². The molecule has 2 amide bonds. The van der Waals surface area contributed by atoms with Crippen molar-refractivity contribution in [2.45, 2.75) is 6.54 Å². The molecule has 8 heteroatoms. The molecule has 7 nitrogen and oxygen atoms in total. The van der Waals surface area contributed by atoms with Crippen molar-refractivity contribution in [2.24, 2.45) is 0 Å². The Kier molecular flexibility index (Phi) is 4.39. The standard InChI is InChI=1S/C18H19FN6O/c19-14-3-1-2-13(10-14)11-21-18(26)25-8-6-24(7-9-25)17-15-4-5-20-16(15)22-12-23-17/h1-5,10,12H,6-9,11H2,(H,21,26)(H,20,22,23). The number of hydrogen-bond acceptors (Lipinski definition) is 4. The average molecular weight is 354 g/mol. The fourth-order valence-corrected chi connectivity index (χ4v) is 3.17. The number of benzene rings is 1. The van der Waals surface area contributed by atoms with E-state index in [4.69, 9.17) is 0 Å². The first-order valence-electron chi connectivity index (χ1n) is 8.51. The summed E-state index contributed by atoms with van der Waals surface area (Å²) in [4.78, 5) is 28.0. The number of nitrogens with one attached hydrogen (secondary N) is 2. The van der Waals surface area contributed by atoms with Gasteiger partial charge < -0.3 is 20.1 Å². The Hall–Kier alpha value is -3.16. The number of carbonyl (C=O) groups is 1. The minimum absolute atomic E-state index is 0.136. The second-order valence-corrected chi connectivity index (χ2v) is 6.20. The molecule has 1 fully saturated rings. The summed E-state index contributed by atoms with van der Waals surface area (Å²) in [6.45, 7) is 2.91. The number of rotatable bonds is 3. The molecular formula is C18H19FN6O. The van der Waals surface area contributed by atoms with Crippen LogP contribution in [0.3, 0.4) is 0 Å². The van der Waals surface area contributed by atoms with Crippen molar-refractivity contribution in [3.8, 4) is 0 Å². The van der Waals surface area contributed by atoms with Crippen LogP contribution in [0.2, 0.25) is 0 Å². The maximum Gasteiger partial charge on any atom is 0.317 e. The summed E-state index contributed by atoms with van der Waals surface area (Å²) >= 11 is 0. The Morgan fingerprint density at radius 1 is 1.19 bits per heavy atom. The first kappa shape index (κ1) is 16.3. The van der Waals surface area contributed by atoms with Crippen LogP contribution in [0.4, 0.5) is 15.0 Å². The third kappa shape index (κ3) is 3.30.